The van der Waals surface area contributed by atoms with E-state index in [9.17, 15) is 19.8 Å². The van der Waals surface area contributed by atoms with Crippen molar-refractivity contribution >= 4 is 11.8 Å². The summed E-state index contributed by atoms with van der Waals surface area (Å²) in [5, 5.41) is 27.1. The van der Waals surface area contributed by atoms with Crippen LogP contribution in [0.25, 0.3) is 0 Å². The Bertz CT molecular complexity index is 513. The van der Waals surface area contributed by atoms with E-state index >= 15 is 0 Å². The molecule has 7 nitrogen and oxygen atoms in total. The van der Waals surface area contributed by atoms with E-state index in [0.717, 1.165) is 22.4 Å². The zero-order valence-corrected chi connectivity index (χ0v) is 9.50. The molecule has 0 radical (unpaired) electrons. The largest absolute Gasteiger partial charge is 0.395 e. The minimum Gasteiger partial charge on any atom is -0.395 e. The molecule has 4 N–H and O–H groups in total. The fraction of sp³-hybridized carbons (Fsp3) is 0.556. The van der Waals surface area contributed by atoms with Gasteiger partial charge in [0.15, 0.2) is 0 Å². The van der Waals surface area contributed by atoms with Crippen LogP contribution in [0.1, 0.15) is 5.37 Å². The molecule has 2 heterocycles. The number of nitrogens with zero attached hydrogens (tertiary/aromatic N) is 1. The Morgan fingerprint density at radius 1 is 1.35 bits per heavy atom. The fourth-order valence-corrected chi connectivity index (χ4v) is 3.12. The lowest BCUT2D eigenvalue weighted by Crippen LogP contribution is -2.37. The maximum atomic E-state index is 11.5. The van der Waals surface area contributed by atoms with Crippen LogP contribution in [0.4, 0.5) is 0 Å². The molecule has 1 aliphatic rings. The lowest BCUT2D eigenvalue weighted by Gasteiger charge is -2.17. The first-order valence-electron chi connectivity index (χ1n) is 4.98. The van der Waals surface area contributed by atoms with Crippen LogP contribution in [0, 0.1) is 0 Å². The SMILES string of the molecule is O=c1ccn(C2S[C@@H](CO)[C@@H](O)[C@@H]2O)c(=O)[nH]1. The molecule has 0 spiro atoms. The predicted molar refractivity (Wildman–Crippen MR) is 60.8 cm³/mol. The molecule has 1 aliphatic heterocycles. The van der Waals surface area contributed by atoms with E-state index in [4.69, 9.17) is 5.11 Å². The van der Waals surface area contributed by atoms with E-state index in [1.165, 1.54) is 6.20 Å². The number of nitrogens with one attached hydrogen (secondary N) is 1. The van der Waals surface area contributed by atoms with Crippen LogP contribution < -0.4 is 11.2 Å². The van der Waals surface area contributed by atoms with E-state index in [0.29, 0.717) is 0 Å². The Morgan fingerprint density at radius 3 is 2.59 bits per heavy atom. The minimum absolute atomic E-state index is 0.294. The molecule has 1 saturated heterocycles. The van der Waals surface area contributed by atoms with Crippen molar-refractivity contribution in [2.45, 2.75) is 22.8 Å². The summed E-state index contributed by atoms with van der Waals surface area (Å²) in [7, 11) is 0. The third-order valence-electron chi connectivity index (χ3n) is 2.64. The third-order valence-corrected chi connectivity index (χ3v) is 4.20. The van der Waals surface area contributed by atoms with Gasteiger partial charge in [0.2, 0.25) is 0 Å². The van der Waals surface area contributed by atoms with Crippen molar-refractivity contribution in [2.75, 3.05) is 6.61 Å². The normalized spacial score (nSPS) is 32.9. The first-order valence-corrected chi connectivity index (χ1v) is 5.93. The average Bonchev–Trinajstić information content (AvgIpc) is 2.57. The van der Waals surface area contributed by atoms with Crippen molar-refractivity contribution in [3.63, 3.8) is 0 Å². The van der Waals surface area contributed by atoms with Gasteiger partial charge in [-0.3, -0.25) is 14.3 Å². The highest BCUT2D eigenvalue weighted by Gasteiger charge is 2.43. The van der Waals surface area contributed by atoms with Gasteiger partial charge in [0.1, 0.15) is 11.5 Å². The van der Waals surface area contributed by atoms with Crippen LogP contribution in [-0.4, -0.2) is 48.9 Å². The number of rotatable bonds is 2. The summed E-state index contributed by atoms with van der Waals surface area (Å²) in [5.41, 5.74) is -1.18. The molecule has 94 valence electrons. The highest BCUT2D eigenvalue weighted by Crippen LogP contribution is 2.40. The molecule has 8 heteroatoms. The van der Waals surface area contributed by atoms with E-state index in [-0.39, 0.29) is 6.61 Å². The van der Waals surface area contributed by atoms with Crippen LogP contribution in [-0.2, 0) is 0 Å². The standard InChI is InChI=1S/C9H12N2O5S/c12-3-4-6(14)7(15)8(17-4)11-2-1-5(13)10-9(11)16/h1-2,4,6-8,12,14-15H,3H2,(H,10,13,16)/t4-,6+,7-,8?/m0/s1. The summed E-state index contributed by atoms with van der Waals surface area (Å²) in [6.45, 7) is -0.294. The maximum Gasteiger partial charge on any atom is 0.329 e. The van der Waals surface area contributed by atoms with Crippen molar-refractivity contribution in [1.82, 2.24) is 9.55 Å². The molecular formula is C9H12N2O5S. The van der Waals surface area contributed by atoms with Crippen molar-refractivity contribution in [1.29, 1.82) is 0 Å². The van der Waals surface area contributed by atoms with Crippen molar-refractivity contribution in [2.24, 2.45) is 0 Å². The summed E-state index contributed by atoms with van der Waals surface area (Å²) in [6, 6.07) is 1.16. The van der Waals surface area contributed by atoms with Crippen LogP contribution in [0.2, 0.25) is 0 Å². The number of aromatic amines is 1. The molecule has 1 fully saturated rings. The fourth-order valence-electron chi connectivity index (χ4n) is 1.74. The van der Waals surface area contributed by atoms with E-state index in [2.05, 4.69) is 4.98 Å². The van der Waals surface area contributed by atoms with Gasteiger partial charge in [-0.05, 0) is 0 Å². The van der Waals surface area contributed by atoms with Gasteiger partial charge in [-0.15, -0.1) is 11.8 Å². The number of thioether (sulfide) groups is 1. The molecule has 0 amide bonds. The van der Waals surface area contributed by atoms with Gasteiger partial charge in [0.25, 0.3) is 5.56 Å². The molecule has 0 aliphatic carbocycles. The van der Waals surface area contributed by atoms with Gasteiger partial charge in [-0.1, -0.05) is 0 Å². The number of aromatic nitrogens is 2. The first-order chi connectivity index (χ1) is 8.04. The van der Waals surface area contributed by atoms with Crippen molar-refractivity contribution < 1.29 is 15.3 Å². The molecule has 4 atom stereocenters. The van der Waals surface area contributed by atoms with Gasteiger partial charge in [0, 0.05) is 12.3 Å². The minimum atomic E-state index is -1.17. The zero-order valence-electron chi connectivity index (χ0n) is 8.68. The highest BCUT2D eigenvalue weighted by atomic mass is 32.2. The van der Waals surface area contributed by atoms with Crippen molar-refractivity contribution in [3.8, 4) is 0 Å². The Hall–Kier alpha value is -1.09. The number of hydrogen-bond donors (Lipinski definition) is 4. The van der Waals surface area contributed by atoms with Crippen LogP contribution >= 0.6 is 11.8 Å². The number of aliphatic hydroxyl groups excluding tert-OH is 3. The molecule has 0 aromatic carbocycles. The number of hydrogen-bond acceptors (Lipinski definition) is 6. The number of aliphatic hydroxyl groups is 3. The van der Waals surface area contributed by atoms with Crippen LogP contribution in [0.5, 0.6) is 0 Å². The summed E-state index contributed by atoms with van der Waals surface area (Å²) in [6.07, 6.45) is -1.01. The Morgan fingerprint density at radius 2 is 2.06 bits per heavy atom. The third kappa shape index (κ3) is 2.16. The van der Waals surface area contributed by atoms with Gasteiger partial charge < -0.3 is 15.3 Å². The second kappa shape index (κ2) is 4.65. The quantitative estimate of drug-likeness (QED) is 0.482. The predicted octanol–water partition coefficient (Wildman–Crippen LogP) is -2.14. The number of H-pyrrole nitrogens is 1. The monoisotopic (exact) mass is 260 g/mol. The van der Waals surface area contributed by atoms with Gasteiger partial charge in [0.05, 0.1) is 18.0 Å². The summed E-state index contributed by atoms with van der Waals surface area (Å²) < 4.78 is 1.13. The maximum absolute atomic E-state index is 11.5. The van der Waals surface area contributed by atoms with Crippen LogP contribution in [0.15, 0.2) is 21.9 Å². The first kappa shape index (κ1) is 12.4. The molecule has 0 saturated carbocycles. The lowest BCUT2D eigenvalue weighted by molar-refractivity contribution is 0.0101. The smallest absolute Gasteiger partial charge is 0.329 e. The lowest BCUT2D eigenvalue weighted by atomic mass is 10.1. The van der Waals surface area contributed by atoms with E-state index in [1.54, 1.807) is 0 Å². The Labute approximate surface area is 99.7 Å². The summed E-state index contributed by atoms with van der Waals surface area (Å²) in [4.78, 5) is 24.5. The van der Waals surface area contributed by atoms with Gasteiger partial charge >= 0.3 is 5.69 Å². The molecule has 1 aromatic rings. The molecular weight excluding hydrogens is 248 g/mol. The molecule has 17 heavy (non-hydrogen) atoms. The van der Waals surface area contributed by atoms with E-state index in [1.807, 2.05) is 0 Å². The van der Waals surface area contributed by atoms with Crippen LogP contribution in [0.3, 0.4) is 0 Å². The molecule has 1 unspecified atom stereocenters. The Kier molecular flexibility index (Phi) is 3.38. The molecule has 2 rings (SSSR count). The van der Waals surface area contributed by atoms with E-state index < -0.39 is 34.1 Å². The second-order valence-electron chi connectivity index (χ2n) is 3.75. The average molecular weight is 260 g/mol. The van der Waals surface area contributed by atoms with Gasteiger partial charge in [-0.25, -0.2) is 4.79 Å². The topological polar surface area (TPSA) is 116 Å². The van der Waals surface area contributed by atoms with Crippen molar-refractivity contribution in [3.05, 3.63) is 33.1 Å². The zero-order chi connectivity index (χ0) is 12.6. The van der Waals surface area contributed by atoms with Gasteiger partial charge in [-0.2, -0.15) is 0 Å². The molecule has 0 bridgehead atoms. The summed E-state index contributed by atoms with van der Waals surface area (Å²) in [5.74, 6) is 0. The second-order valence-corrected chi connectivity index (χ2v) is 5.11. The highest BCUT2D eigenvalue weighted by molar-refractivity contribution is 8.00. The summed E-state index contributed by atoms with van der Waals surface area (Å²) >= 11 is 1.09. The molecule has 1 aromatic heterocycles. The Balaban J connectivity index is 2.35.